The number of hydrogen-bond acceptors (Lipinski definition) is 1. The number of carbonyl (C=O) groups is 1. The van der Waals surface area contributed by atoms with Crippen molar-refractivity contribution in [3.8, 4) is 0 Å². The molecule has 0 aliphatic heterocycles. The van der Waals surface area contributed by atoms with E-state index in [2.05, 4.69) is 0 Å². The van der Waals surface area contributed by atoms with Crippen LogP contribution in [0, 0.1) is 0 Å². The quantitative estimate of drug-likeness (QED) is 0.483. The maximum atomic E-state index is 9.11. The van der Waals surface area contributed by atoms with Gasteiger partial charge in [0.15, 0.2) is 0 Å². The first-order valence-corrected chi connectivity index (χ1v) is 0.954. The second kappa shape index (κ2) is 4.13. The fourth-order valence-corrected chi connectivity index (χ4v) is 0. The van der Waals surface area contributed by atoms with Crippen molar-refractivity contribution in [1.82, 2.24) is 0 Å². The predicted octanol–water partition coefficient (Wildman–Crippen LogP) is 0.583. The van der Waals surface area contributed by atoms with Gasteiger partial charge >= 0.3 is 0 Å². The smallest absolute Gasteiger partial charge is 0.0456 e. The molecule has 0 aromatic heterocycles. The third-order valence-electron chi connectivity index (χ3n) is 0. The molecule has 34 valence electrons. The Balaban J connectivity index is 0. The molecule has 5 heavy (non-hydrogen) atoms. The van der Waals surface area contributed by atoms with Crippen molar-refractivity contribution < 1.29 is 25.2 Å². The first-order valence-electron chi connectivity index (χ1n) is 0.954. The van der Waals surface area contributed by atoms with Crippen molar-refractivity contribution in [2.75, 3.05) is 0 Å². The van der Waals surface area contributed by atoms with Gasteiger partial charge in [-0.05, 0) is 6.92 Å². The summed E-state index contributed by atoms with van der Waals surface area (Å²) in [7, 11) is 0. The Morgan fingerprint density at radius 3 is 1.80 bits per heavy atom. The van der Waals surface area contributed by atoms with E-state index in [1.54, 1.807) is 0 Å². The fourth-order valence-electron chi connectivity index (χ4n) is 0. The maximum Gasteiger partial charge on any atom is 0.0456 e. The van der Waals surface area contributed by atoms with Crippen LogP contribution < -0.4 is 0 Å². The second-order valence-electron chi connectivity index (χ2n) is 0.556. The van der Waals surface area contributed by atoms with E-state index in [1.165, 1.54) is 6.92 Å². The van der Waals surface area contributed by atoms with Crippen LogP contribution in [-0.4, -0.2) is 5.91 Å². The summed E-state index contributed by atoms with van der Waals surface area (Å²) in [6.07, 6.45) is 0. The monoisotopic (exact) mass is 164 g/mol. The summed E-state index contributed by atoms with van der Waals surface area (Å²) in [6.45, 7) is 1.19. The summed E-state index contributed by atoms with van der Waals surface area (Å²) in [5.74, 6) is -0.583. The number of nitrogens with one attached hydrogen (secondary N) is 1. The zero-order chi connectivity index (χ0) is 3.58. The van der Waals surface area contributed by atoms with Crippen LogP contribution in [0.2, 0.25) is 0 Å². The van der Waals surface area contributed by atoms with Gasteiger partial charge in [-0.15, -0.1) is 0 Å². The minimum atomic E-state index is -0.583. The minimum absolute atomic E-state index is 0. The van der Waals surface area contributed by atoms with Gasteiger partial charge in [0.05, 0.1) is 0 Å². The molecule has 0 unspecified atom stereocenters. The summed E-state index contributed by atoms with van der Waals surface area (Å²) in [5, 5.41) is 0. The third-order valence-corrected chi connectivity index (χ3v) is 0. The predicted molar refractivity (Wildman–Crippen MR) is 15.0 cm³/mol. The topological polar surface area (TPSA) is 40.9 Å². The Hall–Kier alpha value is 0.132. The van der Waals surface area contributed by atoms with E-state index in [-0.39, 0.29) is 20.4 Å². The largest absolute Gasteiger partial charge is 0.668 e. The van der Waals surface area contributed by atoms with Crippen LogP contribution in [0.25, 0.3) is 5.73 Å². The van der Waals surface area contributed by atoms with Crippen LogP contribution in [0.5, 0.6) is 0 Å². The second-order valence-corrected chi connectivity index (χ2v) is 0.556. The van der Waals surface area contributed by atoms with Gasteiger partial charge in [0.1, 0.15) is 0 Å². The van der Waals surface area contributed by atoms with Gasteiger partial charge in [0, 0.05) is 26.3 Å². The number of rotatable bonds is 0. The molecule has 0 saturated carbocycles. The fraction of sp³-hybridized carbons (Fsp3) is 0.500. The molecule has 0 atom stereocenters. The van der Waals surface area contributed by atoms with E-state index in [1.807, 2.05) is 0 Å². The molecule has 2 nitrogen and oxygen atoms in total. The van der Waals surface area contributed by atoms with Gasteiger partial charge in [-0.1, -0.05) is 0 Å². The maximum absolute atomic E-state index is 9.11. The summed E-state index contributed by atoms with van der Waals surface area (Å²) in [5.41, 5.74) is 5.94. The van der Waals surface area contributed by atoms with E-state index in [0.717, 1.165) is 0 Å². The Labute approximate surface area is 44.4 Å². The van der Waals surface area contributed by atoms with Crippen LogP contribution in [0.4, 0.5) is 0 Å². The van der Waals surface area contributed by atoms with Gasteiger partial charge in [-0.3, -0.25) is 0 Å². The van der Waals surface area contributed by atoms with Crippen LogP contribution in [-0.2, 0) is 25.2 Å². The summed E-state index contributed by atoms with van der Waals surface area (Å²) < 4.78 is 0. The molecule has 0 heterocycles. The van der Waals surface area contributed by atoms with Gasteiger partial charge in [-0.2, -0.15) is 0 Å². The van der Waals surface area contributed by atoms with Gasteiger partial charge in [-0.25, -0.2) is 0 Å². The molecule has 0 bridgehead atoms. The molecule has 0 aromatic carbocycles. The molecule has 0 fully saturated rings. The van der Waals surface area contributed by atoms with Crippen LogP contribution in [0.15, 0.2) is 0 Å². The zero-order valence-electron chi connectivity index (χ0n) is 2.72. The number of carbonyl (C=O) groups excluding carboxylic acids is 1. The molecule has 1 N–H and O–H groups in total. The van der Waals surface area contributed by atoms with Crippen molar-refractivity contribution in [2.45, 2.75) is 6.92 Å². The van der Waals surface area contributed by atoms with Crippen molar-refractivity contribution in [2.24, 2.45) is 0 Å². The molecular weight excluding hydrogens is 160 g/mol. The average Bonchev–Trinajstić information content (AvgIpc) is 0.811. The Kier molecular flexibility index (Phi) is 7.38. The van der Waals surface area contributed by atoms with E-state index >= 15 is 0 Å². The van der Waals surface area contributed by atoms with E-state index in [9.17, 15) is 0 Å². The summed E-state index contributed by atoms with van der Waals surface area (Å²) in [4.78, 5) is 9.11. The molecule has 1 amide bonds. The standard InChI is InChI=1S/C2H5NO.Pd/c1-2(3)4;/h1H3,(H2,3,4);/p-1. The molecule has 0 spiro atoms. The molecule has 0 aliphatic rings. The van der Waals surface area contributed by atoms with Crippen LogP contribution in [0.1, 0.15) is 6.92 Å². The number of amides is 1. The number of hydrogen-bond donors (Lipinski definition) is 0. The normalized spacial score (nSPS) is 5.00. The first kappa shape index (κ1) is 8.93. The Morgan fingerprint density at radius 2 is 1.80 bits per heavy atom. The van der Waals surface area contributed by atoms with E-state index < -0.39 is 5.91 Å². The minimum Gasteiger partial charge on any atom is -0.668 e. The summed E-state index contributed by atoms with van der Waals surface area (Å²) >= 11 is 0. The molecular formula is C2H4NOPd-. The van der Waals surface area contributed by atoms with Crippen molar-refractivity contribution in [1.29, 1.82) is 0 Å². The Bertz CT molecular complexity index is 32.6. The first-order chi connectivity index (χ1) is 1.73. The average molecular weight is 164 g/mol. The Morgan fingerprint density at radius 1 is 1.80 bits per heavy atom. The molecule has 0 aromatic rings. The van der Waals surface area contributed by atoms with E-state index in [0.29, 0.717) is 0 Å². The molecule has 0 radical (unpaired) electrons. The van der Waals surface area contributed by atoms with Crippen molar-refractivity contribution in [3.63, 3.8) is 0 Å². The molecule has 3 heteroatoms. The molecule has 0 rings (SSSR count). The van der Waals surface area contributed by atoms with Gasteiger partial charge in [0.2, 0.25) is 0 Å². The molecule has 0 saturated heterocycles. The van der Waals surface area contributed by atoms with Crippen LogP contribution >= 0.6 is 0 Å². The SMILES string of the molecule is CC([NH-])=O.[Pd]. The van der Waals surface area contributed by atoms with Gasteiger partial charge in [0.25, 0.3) is 0 Å². The van der Waals surface area contributed by atoms with Crippen molar-refractivity contribution >= 4 is 5.91 Å². The van der Waals surface area contributed by atoms with Crippen LogP contribution in [0.3, 0.4) is 0 Å². The van der Waals surface area contributed by atoms with Gasteiger partial charge < -0.3 is 10.5 Å². The molecule has 0 aliphatic carbocycles. The van der Waals surface area contributed by atoms with E-state index in [4.69, 9.17) is 10.5 Å². The zero-order valence-corrected chi connectivity index (χ0v) is 4.28. The summed E-state index contributed by atoms with van der Waals surface area (Å²) in [6, 6.07) is 0. The third kappa shape index (κ3) is 1070. The van der Waals surface area contributed by atoms with Crippen molar-refractivity contribution in [3.05, 3.63) is 5.73 Å².